The van der Waals surface area contributed by atoms with Gasteiger partial charge < -0.3 is 14.8 Å². The van der Waals surface area contributed by atoms with Crippen molar-refractivity contribution in [3.8, 4) is 11.5 Å². The first-order valence-corrected chi connectivity index (χ1v) is 10.7. The van der Waals surface area contributed by atoms with Crippen LogP contribution >= 0.6 is 23.1 Å². The Hall–Kier alpha value is -2.51. The molecule has 1 amide bonds. The fourth-order valence-corrected chi connectivity index (χ4v) is 4.23. The molecule has 2 aromatic carbocycles. The second-order valence-electron chi connectivity index (χ2n) is 5.90. The number of aryl methyl sites for hydroxylation is 1. The van der Waals surface area contributed by atoms with Crippen LogP contribution in [0.1, 0.15) is 21.1 Å². The number of carbonyl (C=O) groups is 1. The molecule has 1 aromatic heterocycles. The fraction of sp³-hybridized carbons (Fsp3) is 0.238. The van der Waals surface area contributed by atoms with Crippen LogP contribution in [0, 0.1) is 6.92 Å². The lowest BCUT2D eigenvalue weighted by molar-refractivity contribution is 0.0944. The molecule has 146 valence electrons. The van der Waals surface area contributed by atoms with E-state index in [2.05, 4.69) is 15.7 Å². The summed E-state index contributed by atoms with van der Waals surface area (Å²) in [5, 5.41) is 6.03. The van der Waals surface area contributed by atoms with Gasteiger partial charge in [-0.25, -0.2) is 4.98 Å². The minimum atomic E-state index is -0.110. The number of rotatable bonds is 9. The highest BCUT2D eigenvalue weighted by atomic mass is 32.2. The third-order valence-electron chi connectivity index (χ3n) is 3.89. The molecular formula is C21H22N2O3S2. The largest absolute Gasteiger partial charge is 0.493 e. The Kier molecular flexibility index (Phi) is 7.33. The first-order chi connectivity index (χ1) is 13.7. The number of amides is 1. The number of benzene rings is 2. The molecule has 0 bridgehead atoms. The van der Waals surface area contributed by atoms with Gasteiger partial charge in [-0.3, -0.25) is 4.79 Å². The smallest absolute Gasteiger partial charge is 0.252 e. The number of hydrogen-bond acceptors (Lipinski definition) is 6. The molecule has 0 radical (unpaired) electrons. The SMILES string of the molecule is COc1ccccc1OCCNC(=O)c1ccccc1SCc1csc(C)n1. The van der Waals surface area contributed by atoms with Gasteiger partial charge in [-0.1, -0.05) is 24.3 Å². The summed E-state index contributed by atoms with van der Waals surface area (Å²) in [6.45, 7) is 2.76. The van der Waals surface area contributed by atoms with Crippen LogP contribution in [0.2, 0.25) is 0 Å². The molecule has 3 aromatic rings. The van der Waals surface area contributed by atoms with Crippen LogP contribution in [0.15, 0.2) is 58.8 Å². The van der Waals surface area contributed by atoms with E-state index in [1.807, 2.05) is 55.5 Å². The summed E-state index contributed by atoms with van der Waals surface area (Å²) in [4.78, 5) is 18.0. The van der Waals surface area contributed by atoms with E-state index in [-0.39, 0.29) is 5.91 Å². The van der Waals surface area contributed by atoms with Gasteiger partial charge in [0.15, 0.2) is 11.5 Å². The van der Waals surface area contributed by atoms with Gasteiger partial charge in [-0.2, -0.15) is 0 Å². The Labute approximate surface area is 173 Å². The predicted molar refractivity (Wildman–Crippen MR) is 114 cm³/mol. The van der Waals surface area contributed by atoms with E-state index in [4.69, 9.17) is 9.47 Å². The highest BCUT2D eigenvalue weighted by molar-refractivity contribution is 7.98. The van der Waals surface area contributed by atoms with E-state index >= 15 is 0 Å². The number of hydrogen-bond donors (Lipinski definition) is 1. The zero-order chi connectivity index (χ0) is 19.8. The van der Waals surface area contributed by atoms with Gasteiger partial charge in [0, 0.05) is 16.0 Å². The molecule has 0 saturated heterocycles. The minimum Gasteiger partial charge on any atom is -0.493 e. The van der Waals surface area contributed by atoms with Crippen molar-refractivity contribution in [2.75, 3.05) is 20.3 Å². The van der Waals surface area contributed by atoms with Crippen LogP contribution in [0.4, 0.5) is 0 Å². The molecule has 0 atom stereocenters. The maximum absolute atomic E-state index is 12.6. The Morgan fingerprint density at radius 1 is 1.14 bits per heavy atom. The van der Waals surface area contributed by atoms with Crippen LogP contribution in [-0.4, -0.2) is 31.2 Å². The van der Waals surface area contributed by atoms with Gasteiger partial charge in [0.25, 0.3) is 5.91 Å². The monoisotopic (exact) mass is 414 g/mol. The number of ether oxygens (including phenoxy) is 2. The number of para-hydroxylation sites is 2. The van der Waals surface area contributed by atoms with Gasteiger partial charge in [0.05, 0.1) is 29.9 Å². The molecular weight excluding hydrogens is 392 g/mol. The maximum atomic E-state index is 12.6. The summed E-state index contributed by atoms with van der Waals surface area (Å²) in [6.07, 6.45) is 0. The van der Waals surface area contributed by atoms with E-state index in [1.165, 1.54) is 0 Å². The molecule has 1 heterocycles. The molecule has 1 N–H and O–H groups in total. The zero-order valence-electron chi connectivity index (χ0n) is 15.8. The minimum absolute atomic E-state index is 0.110. The van der Waals surface area contributed by atoms with E-state index in [1.54, 1.807) is 30.2 Å². The second kappa shape index (κ2) is 10.1. The van der Waals surface area contributed by atoms with Crippen molar-refractivity contribution in [1.29, 1.82) is 0 Å². The van der Waals surface area contributed by atoms with Crippen molar-refractivity contribution in [2.45, 2.75) is 17.6 Å². The van der Waals surface area contributed by atoms with E-state index in [0.29, 0.717) is 30.2 Å². The maximum Gasteiger partial charge on any atom is 0.252 e. The van der Waals surface area contributed by atoms with Gasteiger partial charge >= 0.3 is 0 Å². The summed E-state index contributed by atoms with van der Waals surface area (Å²) in [5.74, 6) is 1.97. The predicted octanol–water partition coefficient (Wildman–Crippen LogP) is 4.56. The quantitative estimate of drug-likeness (QED) is 0.411. The number of nitrogens with one attached hydrogen (secondary N) is 1. The van der Waals surface area contributed by atoms with Gasteiger partial charge in [0.1, 0.15) is 6.61 Å². The molecule has 0 unspecified atom stereocenters. The van der Waals surface area contributed by atoms with Gasteiger partial charge in [-0.05, 0) is 31.2 Å². The van der Waals surface area contributed by atoms with Crippen LogP contribution in [0.3, 0.4) is 0 Å². The molecule has 0 aliphatic heterocycles. The van der Waals surface area contributed by atoms with E-state index < -0.39 is 0 Å². The first kappa shape index (κ1) is 20.2. The number of thioether (sulfide) groups is 1. The highest BCUT2D eigenvalue weighted by Gasteiger charge is 2.12. The van der Waals surface area contributed by atoms with Crippen molar-refractivity contribution in [1.82, 2.24) is 10.3 Å². The Balaban J connectivity index is 1.52. The number of carbonyl (C=O) groups excluding carboxylic acids is 1. The summed E-state index contributed by atoms with van der Waals surface area (Å²) in [6, 6.07) is 15.1. The number of thiazole rings is 1. The van der Waals surface area contributed by atoms with Gasteiger partial charge in [-0.15, -0.1) is 23.1 Å². The summed E-state index contributed by atoms with van der Waals surface area (Å²) >= 11 is 3.26. The molecule has 0 fully saturated rings. The van der Waals surface area contributed by atoms with Crippen molar-refractivity contribution >= 4 is 29.0 Å². The van der Waals surface area contributed by atoms with Crippen molar-refractivity contribution in [2.24, 2.45) is 0 Å². The lowest BCUT2D eigenvalue weighted by Gasteiger charge is -2.12. The van der Waals surface area contributed by atoms with Gasteiger partial charge in [0.2, 0.25) is 0 Å². The molecule has 0 saturated carbocycles. The van der Waals surface area contributed by atoms with Crippen LogP contribution in [0.5, 0.6) is 11.5 Å². The van der Waals surface area contributed by atoms with Crippen LogP contribution in [0.25, 0.3) is 0 Å². The normalized spacial score (nSPS) is 10.5. The van der Waals surface area contributed by atoms with E-state index in [9.17, 15) is 4.79 Å². The lowest BCUT2D eigenvalue weighted by atomic mass is 10.2. The summed E-state index contributed by atoms with van der Waals surface area (Å²) < 4.78 is 11.0. The average Bonchev–Trinajstić information content (AvgIpc) is 3.15. The Bertz CT molecular complexity index is 927. The zero-order valence-corrected chi connectivity index (χ0v) is 17.4. The van der Waals surface area contributed by atoms with Crippen molar-refractivity contribution in [3.05, 3.63) is 70.2 Å². The Morgan fingerprint density at radius 3 is 2.64 bits per heavy atom. The average molecular weight is 415 g/mol. The molecule has 7 heteroatoms. The van der Waals surface area contributed by atoms with Crippen molar-refractivity contribution < 1.29 is 14.3 Å². The highest BCUT2D eigenvalue weighted by Crippen LogP contribution is 2.27. The Morgan fingerprint density at radius 2 is 1.89 bits per heavy atom. The number of nitrogens with zero attached hydrogens (tertiary/aromatic N) is 1. The molecule has 3 rings (SSSR count). The molecule has 0 aliphatic rings. The number of aromatic nitrogens is 1. The number of methoxy groups -OCH3 is 1. The first-order valence-electron chi connectivity index (χ1n) is 8.84. The third-order valence-corrected chi connectivity index (χ3v) is 5.82. The van der Waals surface area contributed by atoms with Crippen LogP contribution in [-0.2, 0) is 5.75 Å². The third kappa shape index (κ3) is 5.50. The molecule has 28 heavy (non-hydrogen) atoms. The fourth-order valence-electron chi connectivity index (χ4n) is 2.57. The summed E-state index contributed by atoms with van der Waals surface area (Å²) in [5.41, 5.74) is 1.70. The summed E-state index contributed by atoms with van der Waals surface area (Å²) in [7, 11) is 1.60. The lowest BCUT2D eigenvalue weighted by Crippen LogP contribution is -2.28. The second-order valence-corrected chi connectivity index (χ2v) is 7.98. The van der Waals surface area contributed by atoms with Crippen LogP contribution < -0.4 is 14.8 Å². The van der Waals surface area contributed by atoms with E-state index in [0.717, 1.165) is 21.3 Å². The molecule has 0 spiro atoms. The topological polar surface area (TPSA) is 60.5 Å². The molecule has 5 nitrogen and oxygen atoms in total. The molecule has 0 aliphatic carbocycles. The standard InChI is InChI=1S/C21H22N2O3S2/c1-15-23-16(13-27-15)14-28-20-10-6-3-7-17(20)21(24)22-11-12-26-19-9-5-4-8-18(19)25-2/h3-10,13H,11-12,14H2,1-2H3,(H,22,24). The van der Waals surface area contributed by atoms with Crippen molar-refractivity contribution in [3.63, 3.8) is 0 Å².